The monoisotopic (exact) mass is 420 g/mol. The van der Waals surface area contributed by atoms with E-state index >= 15 is 0 Å². The number of rotatable bonds is 4. The van der Waals surface area contributed by atoms with Crippen LogP contribution in [-0.2, 0) is 0 Å². The molecule has 2 aromatic carbocycles. The number of nitrogens with one attached hydrogen (secondary N) is 2. The lowest BCUT2D eigenvalue weighted by molar-refractivity contribution is 0.0969. The van der Waals surface area contributed by atoms with Gasteiger partial charge in [-0.25, -0.2) is 4.98 Å². The van der Waals surface area contributed by atoms with Crippen molar-refractivity contribution in [1.29, 1.82) is 0 Å². The summed E-state index contributed by atoms with van der Waals surface area (Å²) in [6.45, 7) is 1.90. The quantitative estimate of drug-likeness (QED) is 0.457. The van der Waals surface area contributed by atoms with Gasteiger partial charge in [-0.2, -0.15) is 0 Å². The molecule has 0 bridgehead atoms. The number of carbonyl (C=O) groups is 1. The lowest BCUT2D eigenvalue weighted by atomic mass is 10.1. The molecule has 4 aromatic rings. The first-order valence-corrected chi connectivity index (χ1v) is 10.0. The Morgan fingerprint density at radius 1 is 1.07 bits per heavy atom. The minimum atomic E-state index is -0.453. The van der Waals surface area contributed by atoms with Crippen LogP contribution in [0.3, 0.4) is 0 Å². The summed E-state index contributed by atoms with van der Waals surface area (Å²) in [5.74, 6) is -0.0137. The van der Waals surface area contributed by atoms with Crippen molar-refractivity contribution in [1.82, 2.24) is 15.5 Å². The summed E-state index contributed by atoms with van der Waals surface area (Å²) in [5, 5.41) is 12.3. The van der Waals surface area contributed by atoms with Gasteiger partial charge >= 0.3 is 0 Å². The zero-order valence-corrected chi connectivity index (χ0v) is 17.0. The fraction of sp³-hybridized carbons (Fsp3) is 0.0476. The smallest absolute Gasteiger partial charge is 0.279 e. The van der Waals surface area contributed by atoms with E-state index in [-0.39, 0.29) is 10.8 Å². The Balaban J connectivity index is 1.37. The molecule has 2 N–H and O–H groups in total. The second kappa shape index (κ2) is 8.34. The van der Waals surface area contributed by atoms with Crippen molar-refractivity contribution in [2.24, 2.45) is 0 Å². The molecule has 29 heavy (non-hydrogen) atoms. The van der Waals surface area contributed by atoms with Gasteiger partial charge in [0, 0.05) is 17.1 Å². The van der Waals surface area contributed by atoms with Gasteiger partial charge in [0.15, 0.2) is 16.6 Å². The van der Waals surface area contributed by atoms with Gasteiger partial charge in [0.1, 0.15) is 5.69 Å². The molecule has 0 radical (unpaired) electrons. The first kappa shape index (κ1) is 19.0. The van der Waals surface area contributed by atoms with Crippen LogP contribution >= 0.6 is 23.6 Å². The maximum Gasteiger partial charge on any atom is 0.279 e. The molecule has 6 nitrogen and oxygen atoms in total. The summed E-state index contributed by atoms with van der Waals surface area (Å²) >= 11 is 6.73. The molecule has 8 heteroatoms. The molecule has 0 aliphatic carbocycles. The lowest BCUT2D eigenvalue weighted by Gasteiger charge is -2.09. The van der Waals surface area contributed by atoms with E-state index in [1.165, 1.54) is 11.3 Å². The molecule has 0 saturated carbocycles. The van der Waals surface area contributed by atoms with Crippen LogP contribution in [0.1, 0.15) is 15.5 Å². The van der Waals surface area contributed by atoms with Crippen LogP contribution in [0.5, 0.6) is 0 Å². The molecule has 0 spiro atoms. The second-order valence-corrected chi connectivity index (χ2v) is 7.65. The molecule has 2 heterocycles. The number of thiazole rings is 1. The van der Waals surface area contributed by atoms with E-state index in [1.807, 2.05) is 66.9 Å². The fourth-order valence-electron chi connectivity index (χ4n) is 2.69. The topological polar surface area (TPSA) is 80.0 Å². The van der Waals surface area contributed by atoms with Crippen LogP contribution in [-0.4, -0.2) is 21.2 Å². The van der Waals surface area contributed by atoms with Gasteiger partial charge < -0.3 is 9.84 Å². The Morgan fingerprint density at radius 3 is 2.48 bits per heavy atom. The number of hydrogen-bond donors (Lipinski definition) is 2. The van der Waals surface area contributed by atoms with E-state index in [4.69, 9.17) is 16.7 Å². The molecule has 2 aromatic heterocycles. The Hall–Kier alpha value is -3.36. The third kappa shape index (κ3) is 4.56. The summed E-state index contributed by atoms with van der Waals surface area (Å²) in [4.78, 5) is 16.7. The van der Waals surface area contributed by atoms with Crippen LogP contribution in [0.4, 0.5) is 5.69 Å². The average molecular weight is 421 g/mol. The predicted octanol–water partition coefficient (Wildman–Crippen LogP) is 4.90. The van der Waals surface area contributed by atoms with Gasteiger partial charge in [-0.15, -0.1) is 11.3 Å². The Kier molecular flexibility index (Phi) is 5.46. The Labute approximate surface area is 176 Å². The van der Waals surface area contributed by atoms with Crippen LogP contribution in [0, 0.1) is 6.92 Å². The molecular formula is C21H16N4O2S2. The number of hydrogen-bond acceptors (Lipinski definition) is 6. The molecule has 0 saturated heterocycles. The van der Waals surface area contributed by atoms with Gasteiger partial charge in [0.25, 0.3) is 5.91 Å². The molecular weight excluding hydrogens is 404 g/mol. The van der Waals surface area contributed by atoms with Crippen LogP contribution in [0.2, 0.25) is 0 Å². The number of carbonyl (C=O) groups excluding carboxylic acids is 1. The largest absolute Gasteiger partial charge is 0.354 e. The van der Waals surface area contributed by atoms with Gasteiger partial charge in [-0.1, -0.05) is 47.6 Å². The normalized spacial score (nSPS) is 10.5. The summed E-state index contributed by atoms with van der Waals surface area (Å²) in [7, 11) is 0. The second-order valence-electron chi connectivity index (χ2n) is 6.18. The maximum atomic E-state index is 12.4. The number of benzene rings is 2. The molecule has 0 fully saturated rings. The Morgan fingerprint density at radius 2 is 1.79 bits per heavy atom. The van der Waals surface area contributed by atoms with E-state index < -0.39 is 5.91 Å². The average Bonchev–Trinajstić information content (AvgIpc) is 3.38. The molecule has 0 atom stereocenters. The number of thiocarbonyl (C=S) groups is 1. The van der Waals surface area contributed by atoms with Crippen molar-refractivity contribution in [3.05, 3.63) is 76.7 Å². The van der Waals surface area contributed by atoms with Crippen molar-refractivity contribution >= 4 is 40.3 Å². The highest BCUT2D eigenvalue weighted by molar-refractivity contribution is 7.80. The van der Waals surface area contributed by atoms with Gasteiger partial charge in [0.05, 0.1) is 5.01 Å². The highest BCUT2D eigenvalue weighted by atomic mass is 32.1. The van der Waals surface area contributed by atoms with Crippen molar-refractivity contribution < 1.29 is 9.32 Å². The maximum absolute atomic E-state index is 12.4. The molecule has 144 valence electrons. The highest BCUT2D eigenvalue weighted by Gasteiger charge is 2.16. The van der Waals surface area contributed by atoms with Gasteiger partial charge in [-0.05, 0) is 42.4 Å². The summed E-state index contributed by atoms with van der Waals surface area (Å²) < 4.78 is 5.21. The van der Waals surface area contributed by atoms with Gasteiger partial charge in [-0.3, -0.25) is 10.1 Å². The predicted molar refractivity (Wildman–Crippen MR) is 118 cm³/mol. The standard InChI is InChI=1S/C21H16N4O2S2/c1-13-22-18(12-29-13)19-11-17(25-27-19)20(26)24-21(28)23-16-9-7-15(8-10-16)14-5-3-2-4-6-14/h2-12H,1H3,(H2,23,24,26,28). The SMILES string of the molecule is Cc1nc(-c2cc(C(=O)NC(=S)Nc3ccc(-c4ccccc4)cc3)no2)cs1. The van der Waals surface area contributed by atoms with E-state index in [0.29, 0.717) is 11.5 Å². The first-order chi connectivity index (χ1) is 14.1. The lowest BCUT2D eigenvalue weighted by Crippen LogP contribution is -2.34. The van der Waals surface area contributed by atoms with E-state index in [1.54, 1.807) is 6.07 Å². The van der Waals surface area contributed by atoms with Crippen molar-refractivity contribution in [2.45, 2.75) is 6.92 Å². The number of anilines is 1. The third-order valence-corrected chi connectivity index (χ3v) is 5.07. The van der Waals surface area contributed by atoms with E-state index in [0.717, 1.165) is 21.8 Å². The number of nitrogens with zero attached hydrogens (tertiary/aromatic N) is 2. The number of aryl methyl sites for hydroxylation is 1. The highest BCUT2D eigenvalue weighted by Crippen LogP contribution is 2.23. The first-order valence-electron chi connectivity index (χ1n) is 8.75. The summed E-state index contributed by atoms with van der Waals surface area (Å²) in [6.07, 6.45) is 0. The van der Waals surface area contributed by atoms with Gasteiger partial charge in [0.2, 0.25) is 0 Å². The van der Waals surface area contributed by atoms with E-state index in [9.17, 15) is 4.79 Å². The summed E-state index contributed by atoms with van der Waals surface area (Å²) in [6, 6.07) is 19.4. The number of aromatic nitrogens is 2. The molecule has 0 aliphatic heterocycles. The van der Waals surface area contributed by atoms with E-state index in [2.05, 4.69) is 20.8 Å². The molecule has 4 rings (SSSR count). The minimum absolute atomic E-state index is 0.134. The molecule has 0 unspecified atom stereocenters. The zero-order valence-electron chi connectivity index (χ0n) is 15.4. The zero-order chi connectivity index (χ0) is 20.2. The molecule has 1 amide bonds. The van der Waals surface area contributed by atoms with Crippen molar-refractivity contribution in [3.63, 3.8) is 0 Å². The van der Waals surface area contributed by atoms with Crippen molar-refractivity contribution in [3.8, 4) is 22.6 Å². The number of amides is 1. The summed E-state index contributed by atoms with van der Waals surface area (Å²) in [5.41, 5.74) is 3.78. The minimum Gasteiger partial charge on any atom is -0.354 e. The van der Waals surface area contributed by atoms with Crippen LogP contribution < -0.4 is 10.6 Å². The third-order valence-electron chi connectivity index (χ3n) is 4.09. The fourth-order valence-corrected chi connectivity index (χ4v) is 3.50. The Bertz CT molecular complexity index is 1150. The van der Waals surface area contributed by atoms with Crippen molar-refractivity contribution in [2.75, 3.05) is 5.32 Å². The molecule has 0 aliphatic rings. The van der Waals surface area contributed by atoms with Crippen LogP contribution in [0.25, 0.3) is 22.6 Å². The van der Waals surface area contributed by atoms with Crippen LogP contribution in [0.15, 0.2) is 70.6 Å².